The van der Waals surface area contributed by atoms with Crippen LogP contribution in [0.1, 0.15) is 25.7 Å². The Morgan fingerprint density at radius 1 is 1.45 bits per heavy atom. The molecule has 0 bridgehead atoms. The molecule has 1 aliphatic heterocycles. The van der Waals surface area contributed by atoms with Gasteiger partial charge in [0.15, 0.2) is 0 Å². The van der Waals surface area contributed by atoms with Gasteiger partial charge in [-0.3, -0.25) is 0 Å². The van der Waals surface area contributed by atoms with Crippen molar-refractivity contribution < 1.29 is 9.90 Å². The Bertz CT molecular complexity index is 165. The molecule has 11 heavy (non-hydrogen) atoms. The van der Waals surface area contributed by atoms with Crippen LogP contribution in [0.3, 0.4) is 0 Å². The number of carboxylic acids is 1. The van der Waals surface area contributed by atoms with E-state index in [1.807, 2.05) is 0 Å². The third kappa shape index (κ3) is 3.07. The molecule has 2 N–H and O–H groups in total. The second kappa shape index (κ2) is 4.01. The number of carboxylic acid groups (broad SMARTS) is 1. The van der Waals surface area contributed by atoms with Gasteiger partial charge in [0.2, 0.25) is 0 Å². The Balaban J connectivity index is 2.48. The largest absolute Gasteiger partial charge is 0.478 e. The molecule has 3 nitrogen and oxygen atoms in total. The van der Waals surface area contributed by atoms with Crippen molar-refractivity contribution in [1.29, 1.82) is 0 Å². The number of aliphatic carboxylic acids is 1. The van der Waals surface area contributed by atoms with Gasteiger partial charge < -0.3 is 10.4 Å². The second-order valence-corrected chi connectivity index (χ2v) is 2.75. The average molecular weight is 155 g/mol. The van der Waals surface area contributed by atoms with E-state index < -0.39 is 5.97 Å². The van der Waals surface area contributed by atoms with Crippen molar-refractivity contribution in [1.82, 2.24) is 5.32 Å². The molecule has 1 heterocycles. The summed E-state index contributed by atoms with van der Waals surface area (Å²) in [6.45, 7) is 0.916. The van der Waals surface area contributed by atoms with Crippen LogP contribution in [0, 0.1) is 0 Å². The SMILES string of the molecule is O=C(O)C=C1CCCCCN1. The van der Waals surface area contributed by atoms with Gasteiger partial charge in [0.1, 0.15) is 0 Å². The lowest BCUT2D eigenvalue weighted by Gasteiger charge is -2.02. The summed E-state index contributed by atoms with van der Waals surface area (Å²) < 4.78 is 0. The van der Waals surface area contributed by atoms with E-state index in [1.54, 1.807) is 0 Å². The smallest absolute Gasteiger partial charge is 0.330 e. The summed E-state index contributed by atoms with van der Waals surface area (Å²) in [4.78, 5) is 10.3. The molecule has 0 spiro atoms. The van der Waals surface area contributed by atoms with Gasteiger partial charge in [0.25, 0.3) is 0 Å². The highest BCUT2D eigenvalue weighted by Gasteiger charge is 2.03. The third-order valence-corrected chi connectivity index (χ3v) is 1.77. The van der Waals surface area contributed by atoms with Gasteiger partial charge in [-0.2, -0.15) is 0 Å². The van der Waals surface area contributed by atoms with Crippen molar-refractivity contribution in [2.45, 2.75) is 25.7 Å². The lowest BCUT2D eigenvalue weighted by Crippen LogP contribution is -2.13. The highest BCUT2D eigenvalue weighted by molar-refractivity contribution is 5.80. The normalized spacial score (nSPS) is 22.4. The monoisotopic (exact) mass is 155 g/mol. The van der Waals surface area contributed by atoms with Crippen molar-refractivity contribution in [2.75, 3.05) is 6.54 Å². The molecular weight excluding hydrogens is 142 g/mol. The Labute approximate surface area is 66.1 Å². The van der Waals surface area contributed by atoms with Gasteiger partial charge in [-0.15, -0.1) is 0 Å². The molecule has 0 aromatic rings. The maximum Gasteiger partial charge on any atom is 0.330 e. The maximum absolute atomic E-state index is 10.3. The fraction of sp³-hybridized carbons (Fsp3) is 0.625. The first-order valence-electron chi connectivity index (χ1n) is 3.96. The van der Waals surface area contributed by atoms with Crippen LogP contribution in [0.15, 0.2) is 11.8 Å². The lowest BCUT2D eigenvalue weighted by molar-refractivity contribution is -0.131. The molecular formula is C8H13NO2. The minimum atomic E-state index is -0.852. The van der Waals surface area contributed by atoms with E-state index in [0.717, 1.165) is 31.5 Å². The van der Waals surface area contributed by atoms with Crippen molar-refractivity contribution in [3.8, 4) is 0 Å². The topological polar surface area (TPSA) is 49.3 Å². The lowest BCUT2D eigenvalue weighted by atomic mass is 10.2. The van der Waals surface area contributed by atoms with Crippen LogP contribution in [0.25, 0.3) is 0 Å². The Morgan fingerprint density at radius 3 is 3.00 bits per heavy atom. The molecule has 0 saturated carbocycles. The van der Waals surface area contributed by atoms with Gasteiger partial charge in [-0.25, -0.2) is 4.79 Å². The number of allylic oxidation sites excluding steroid dienone is 1. The van der Waals surface area contributed by atoms with Crippen LogP contribution in [0.2, 0.25) is 0 Å². The van der Waals surface area contributed by atoms with E-state index in [2.05, 4.69) is 5.32 Å². The standard InChI is InChI=1S/C8H13NO2/c10-8(11)6-7-4-2-1-3-5-9-7/h6,9H,1-5H2,(H,10,11). The molecule has 1 rings (SSSR count). The van der Waals surface area contributed by atoms with Crippen LogP contribution in [-0.4, -0.2) is 17.6 Å². The zero-order chi connectivity index (χ0) is 8.10. The molecule has 0 aromatic carbocycles. The van der Waals surface area contributed by atoms with Crippen molar-refractivity contribution >= 4 is 5.97 Å². The Kier molecular flexibility index (Phi) is 2.95. The molecule has 62 valence electrons. The van der Waals surface area contributed by atoms with E-state index >= 15 is 0 Å². The molecule has 0 aromatic heterocycles. The molecule has 0 atom stereocenters. The van der Waals surface area contributed by atoms with Gasteiger partial charge in [0, 0.05) is 18.3 Å². The summed E-state index contributed by atoms with van der Waals surface area (Å²) in [5.41, 5.74) is 0.870. The zero-order valence-corrected chi connectivity index (χ0v) is 6.47. The molecule has 0 aliphatic carbocycles. The number of hydrogen-bond donors (Lipinski definition) is 2. The van der Waals surface area contributed by atoms with E-state index in [1.165, 1.54) is 12.5 Å². The Hall–Kier alpha value is -0.990. The molecule has 0 radical (unpaired) electrons. The molecule has 1 aliphatic rings. The predicted molar refractivity (Wildman–Crippen MR) is 42.2 cm³/mol. The number of hydrogen-bond acceptors (Lipinski definition) is 2. The van der Waals surface area contributed by atoms with Crippen LogP contribution >= 0.6 is 0 Å². The highest BCUT2D eigenvalue weighted by Crippen LogP contribution is 2.10. The van der Waals surface area contributed by atoms with Gasteiger partial charge in [0.05, 0.1) is 0 Å². The van der Waals surface area contributed by atoms with Gasteiger partial charge in [-0.05, 0) is 19.3 Å². The first-order chi connectivity index (χ1) is 5.29. The van der Waals surface area contributed by atoms with Crippen LogP contribution in [0.5, 0.6) is 0 Å². The quantitative estimate of drug-likeness (QED) is 0.558. The van der Waals surface area contributed by atoms with E-state index in [0.29, 0.717) is 0 Å². The minimum Gasteiger partial charge on any atom is -0.478 e. The van der Waals surface area contributed by atoms with E-state index in [9.17, 15) is 4.79 Å². The number of carbonyl (C=O) groups is 1. The summed E-state index contributed by atoms with van der Waals surface area (Å²) >= 11 is 0. The van der Waals surface area contributed by atoms with Crippen LogP contribution < -0.4 is 5.32 Å². The molecule has 1 saturated heterocycles. The first-order valence-corrected chi connectivity index (χ1v) is 3.96. The zero-order valence-electron chi connectivity index (χ0n) is 6.47. The molecule has 1 fully saturated rings. The van der Waals surface area contributed by atoms with E-state index in [4.69, 9.17) is 5.11 Å². The molecule has 0 unspecified atom stereocenters. The van der Waals surface area contributed by atoms with Crippen LogP contribution in [-0.2, 0) is 4.79 Å². The van der Waals surface area contributed by atoms with Crippen molar-refractivity contribution in [3.05, 3.63) is 11.8 Å². The van der Waals surface area contributed by atoms with Crippen molar-refractivity contribution in [3.63, 3.8) is 0 Å². The fourth-order valence-electron chi connectivity index (χ4n) is 1.23. The second-order valence-electron chi connectivity index (χ2n) is 2.75. The number of rotatable bonds is 1. The number of nitrogens with one attached hydrogen (secondary N) is 1. The van der Waals surface area contributed by atoms with Gasteiger partial charge in [-0.1, -0.05) is 6.42 Å². The predicted octanol–water partition coefficient (Wildman–Crippen LogP) is 1.12. The summed E-state index contributed by atoms with van der Waals surface area (Å²) in [6.07, 6.45) is 5.60. The van der Waals surface area contributed by atoms with Crippen LogP contribution in [0.4, 0.5) is 0 Å². The van der Waals surface area contributed by atoms with Crippen molar-refractivity contribution in [2.24, 2.45) is 0 Å². The summed E-state index contributed by atoms with van der Waals surface area (Å²) in [7, 11) is 0. The third-order valence-electron chi connectivity index (χ3n) is 1.77. The summed E-state index contributed by atoms with van der Waals surface area (Å²) in [5, 5.41) is 11.5. The molecule has 3 heteroatoms. The summed E-state index contributed by atoms with van der Waals surface area (Å²) in [6, 6.07) is 0. The first kappa shape index (κ1) is 8.11. The Morgan fingerprint density at radius 2 is 2.27 bits per heavy atom. The average Bonchev–Trinajstić information content (AvgIpc) is 2.14. The highest BCUT2D eigenvalue weighted by atomic mass is 16.4. The minimum absolute atomic E-state index is 0.852. The fourth-order valence-corrected chi connectivity index (χ4v) is 1.23. The maximum atomic E-state index is 10.3. The summed E-state index contributed by atoms with van der Waals surface area (Å²) in [5.74, 6) is -0.852. The molecule has 0 amide bonds. The van der Waals surface area contributed by atoms with E-state index in [-0.39, 0.29) is 0 Å². The van der Waals surface area contributed by atoms with Gasteiger partial charge >= 0.3 is 5.97 Å².